The molecule has 2 aromatic carbocycles. The van der Waals surface area contributed by atoms with Crippen molar-refractivity contribution in [3.05, 3.63) is 64.9 Å². The molecule has 0 spiro atoms. The van der Waals surface area contributed by atoms with Gasteiger partial charge in [0, 0.05) is 16.3 Å². The fourth-order valence-corrected chi connectivity index (χ4v) is 2.70. The van der Waals surface area contributed by atoms with Crippen LogP contribution in [0.3, 0.4) is 0 Å². The first kappa shape index (κ1) is 14.1. The van der Waals surface area contributed by atoms with E-state index in [1.807, 2.05) is 60.0 Å². The summed E-state index contributed by atoms with van der Waals surface area (Å²) in [6, 6.07) is 15.7. The molecule has 0 unspecified atom stereocenters. The van der Waals surface area contributed by atoms with Gasteiger partial charge in [-0.2, -0.15) is 0 Å². The number of aryl methyl sites for hydroxylation is 1. The summed E-state index contributed by atoms with van der Waals surface area (Å²) in [5.74, 6) is 1.78. The lowest BCUT2D eigenvalue weighted by Gasteiger charge is -2.11. The van der Waals surface area contributed by atoms with Gasteiger partial charge >= 0.3 is 0 Å². The average Bonchev–Trinajstić information content (AvgIpc) is 2.92. The average molecular weight is 318 g/mol. The van der Waals surface area contributed by atoms with Crippen LogP contribution in [-0.4, -0.2) is 14.8 Å². The van der Waals surface area contributed by atoms with Crippen LogP contribution in [0.2, 0.25) is 5.02 Å². The molecule has 0 amide bonds. The summed E-state index contributed by atoms with van der Waals surface area (Å²) < 4.78 is 1.98. The van der Waals surface area contributed by atoms with Gasteiger partial charge in [-0.15, -0.1) is 21.8 Å². The Labute approximate surface area is 133 Å². The second kappa shape index (κ2) is 5.88. The molecule has 21 heavy (non-hydrogen) atoms. The Morgan fingerprint density at radius 2 is 1.81 bits per heavy atom. The van der Waals surface area contributed by atoms with Crippen LogP contribution in [0.25, 0.3) is 17.1 Å². The van der Waals surface area contributed by atoms with Crippen LogP contribution in [0, 0.1) is 6.92 Å². The molecule has 0 radical (unpaired) electrons. The fourth-order valence-electron chi connectivity index (χ4n) is 2.30. The van der Waals surface area contributed by atoms with Crippen molar-refractivity contribution in [2.45, 2.75) is 12.8 Å². The van der Waals surface area contributed by atoms with Gasteiger partial charge < -0.3 is 0 Å². The highest BCUT2D eigenvalue weighted by molar-refractivity contribution is 6.30. The zero-order valence-corrected chi connectivity index (χ0v) is 12.9. The van der Waals surface area contributed by atoms with E-state index in [2.05, 4.69) is 10.2 Å². The van der Waals surface area contributed by atoms with Gasteiger partial charge in [-0.05, 0) is 42.8 Å². The molecule has 106 valence electrons. The number of benzene rings is 2. The van der Waals surface area contributed by atoms with Gasteiger partial charge in [0.1, 0.15) is 0 Å². The summed E-state index contributed by atoms with van der Waals surface area (Å²) >= 11 is 12.0. The van der Waals surface area contributed by atoms with Crippen LogP contribution in [0.15, 0.2) is 48.5 Å². The molecule has 0 bridgehead atoms. The maximum Gasteiger partial charge on any atom is 0.168 e. The lowest BCUT2D eigenvalue weighted by Crippen LogP contribution is -2.02. The van der Waals surface area contributed by atoms with E-state index in [1.165, 1.54) is 0 Å². The van der Waals surface area contributed by atoms with Gasteiger partial charge in [-0.3, -0.25) is 4.57 Å². The van der Waals surface area contributed by atoms with E-state index in [4.69, 9.17) is 23.2 Å². The molecule has 1 heterocycles. The Morgan fingerprint density at radius 3 is 2.48 bits per heavy atom. The topological polar surface area (TPSA) is 30.7 Å². The predicted octanol–water partition coefficient (Wildman–Crippen LogP) is 4.63. The summed E-state index contributed by atoms with van der Waals surface area (Å²) in [7, 11) is 0. The van der Waals surface area contributed by atoms with Crippen LogP contribution in [0.5, 0.6) is 0 Å². The molecule has 0 aliphatic rings. The quantitative estimate of drug-likeness (QED) is 0.659. The summed E-state index contributed by atoms with van der Waals surface area (Å²) in [6.07, 6.45) is 0. The lowest BCUT2D eigenvalue weighted by atomic mass is 10.1. The minimum Gasteiger partial charge on any atom is -0.278 e. The number of halogens is 2. The number of alkyl halides is 1. The molecular weight excluding hydrogens is 305 g/mol. The first-order chi connectivity index (χ1) is 10.2. The normalized spacial score (nSPS) is 10.8. The summed E-state index contributed by atoms with van der Waals surface area (Å²) in [5.41, 5.74) is 3.03. The number of nitrogens with zero attached hydrogens (tertiary/aromatic N) is 3. The van der Waals surface area contributed by atoms with Crippen molar-refractivity contribution in [1.82, 2.24) is 14.8 Å². The molecule has 0 atom stereocenters. The number of hydrogen-bond donors (Lipinski definition) is 0. The zero-order chi connectivity index (χ0) is 14.8. The van der Waals surface area contributed by atoms with Crippen LogP contribution >= 0.6 is 23.2 Å². The number of rotatable bonds is 3. The highest BCUT2D eigenvalue weighted by atomic mass is 35.5. The number of para-hydroxylation sites is 1. The Balaban J connectivity index is 2.22. The van der Waals surface area contributed by atoms with E-state index in [0.29, 0.717) is 16.7 Å². The third-order valence-corrected chi connectivity index (χ3v) is 3.77. The third-order valence-electron chi connectivity index (χ3n) is 3.29. The second-order valence-corrected chi connectivity index (χ2v) is 5.41. The standard InChI is InChI=1S/C16H13Cl2N3/c1-11-9-12(18)7-8-14(11)16-20-19-15(10-17)21(16)13-5-3-2-4-6-13/h2-9H,10H2,1H3. The van der Waals surface area contributed by atoms with Crippen LogP contribution in [0.1, 0.15) is 11.4 Å². The Kier molecular flexibility index (Phi) is 3.95. The Morgan fingerprint density at radius 1 is 1.05 bits per heavy atom. The van der Waals surface area contributed by atoms with Gasteiger partial charge in [0.05, 0.1) is 5.88 Å². The van der Waals surface area contributed by atoms with Crippen molar-refractivity contribution in [3.63, 3.8) is 0 Å². The summed E-state index contributed by atoms with van der Waals surface area (Å²) in [6.45, 7) is 2.01. The Bertz CT molecular complexity index is 766. The maximum atomic E-state index is 6.03. The highest BCUT2D eigenvalue weighted by Crippen LogP contribution is 2.28. The van der Waals surface area contributed by atoms with Gasteiger partial charge in [-0.1, -0.05) is 29.8 Å². The second-order valence-electron chi connectivity index (χ2n) is 4.70. The van der Waals surface area contributed by atoms with E-state index in [-0.39, 0.29) is 0 Å². The van der Waals surface area contributed by atoms with Crippen molar-refractivity contribution in [2.24, 2.45) is 0 Å². The van der Waals surface area contributed by atoms with Crippen molar-refractivity contribution in [2.75, 3.05) is 0 Å². The van der Waals surface area contributed by atoms with Gasteiger partial charge in [0.25, 0.3) is 0 Å². The molecule has 0 N–H and O–H groups in total. The Hall–Kier alpha value is -1.84. The fraction of sp³-hybridized carbons (Fsp3) is 0.125. The summed E-state index contributed by atoms with van der Waals surface area (Å²) in [4.78, 5) is 0. The monoisotopic (exact) mass is 317 g/mol. The van der Waals surface area contributed by atoms with Crippen molar-refractivity contribution >= 4 is 23.2 Å². The molecule has 0 saturated carbocycles. The molecule has 3 aromatic rings. The molecule has 0 aliphatic heterocycles. The largest absolute Gasteiger partial charge is 0.278 e. The predicted molar refractivity (Wildman–Crippen MR) is 86.1 cm³/mol. The zero-order valence-electron chi connectivity index (χ0n) is 11.4. The first-order valence-electron chi connectivity index (χ1n) is 6.53. The molecule has 3 nitrogen and oxygen atoms in total. The minimum absolute atomic E-state index is 0.300. The highest BCUT2D eigenvalue weighted by Gasteiger charge is 2.16. The molecular formula is C16H13Cl2N3. The molecule has 0 aliphatic carbocycles. The lowest BCUT2D eigenvalue weighted by molar-refractivity contribution is 0.953. The van der Waals surface area contributed by atoms with Crippen molar-refractivity contribution in [1.29, 1.82) is 0 Å². The first-order valence-corrected chi connectivity index (χ1v) is 7.44. The minimum atomic E-state index is 0.300. The van der Waals surface area contributed by atoms with Crippen molar-refractivity contribution in [3.8, 4) is 17.1 Å². The molecule has 1 aromatic heterocycles. The SMILES string of the molecule is Cc1cc(Cl)ccc1-c1nnc(CCl)n1-c1ccccc1. The molecule has 3 rings (SSSR count). The van der Waals surface area contributed by atoms with Crippen LogP contribution in [0.4, 0.5) is 0 Å². The molecule has 0 fully saturated rings. The van der Waals surface area contributed by atoms with Crippen LogP contribution < -0.4 is 0 Å². The summed E-state index contributed by atoms with van der Waals surface area (Å²) in [5, 5.41) is 9.22. The van der Waals surface area contributed by atoms with Crippen molar-refractivity contribution < 1.29 is 0 Å². The van der Waals surface area contributed by atoms with Gasteiger partial charge in [0.15, 0.2) is 11.6 Å². The van der Waals surface area contributed by atoms with E-state index >= 15 is 0 Å². The third kappa shape index (κ3) is 2.67. The maximum absolute atomic E-state index is 6.03. The number of aromatic nitrogens is 3. The van der Waals surface area contributed by atoms with E-state index < -0.39 is 0 Å². The van der Waals surface area contributed by atoms with E-state index in [9.17, 15) is 0 Å². The molecule has 0 saturated heterocycles. The van der Waals surface area contributed by atoms with Gasteiger partial charge in [-0.25, -0.2) is 0 Å². The smallest absolute Gasteiger partial charge is 0.168 e. The number of hydrogen-bond acceptors (Lipinski definition) is 2. The van der Waals surface area contributed by atoms with Gasteiger partial charge in [0.2, 0.25) is 0 Å². The van der Waals surface area contributed by atoms with E-state index in [1.54, 1.807) is 0 Å². The molecule has 5 heteroatoms. The van der Waals surface area contributed by atoms with E-state index in [0.717, 1.165) is 22.6 Å². The van der Waals surface area contributed by atoms with Crippen LogP contribution in [-0.2, 0) is 5.88 Å².